The van der Waals surface area contributed by atoms with E-state index in [0.29, 0.717) is 5.56 Å². The number of hydrogen-bond acceptors (Lipinski definition) is 3. The molecule has 0 saturated heterocycles. The molecular formula is C11H8Cl2O3S. The summed E-state index contributed by atoms with van der Waals surface area (Å²) in [4.78, 5) is 22.6. The van der Waals surface area contributed by atoms with Gasteiger partial charge in [0.05, 0.1) is 5.56 Å². The van der Waals surface area contributed by atoms with Crippen molar-refractivity contribution in [1.82, 2.24) is 0 Å². The SMILES string of the molecule is O=C(S)c1cccc(C(=O)OC(Cl)=CCCl)c1. The lowest BCUT2D eigenvalue weighted by Gasteiger charge is -2.03. The van der Waals surface area contributed by atoms with Gasteiger partial charge in [0.15, 0.2) is 5.22 Å². The fourth-order valence-electron chi connectivity index (χ4n) is 1.03. The third kappa shape index (κ3) is 4.42. The molecule has 0 aromatic heterocycles. The van der Waals surface area contributed by atoms with Crippen LogP contribution < -0.4 is 0 Å². The van der Waals surface area contributed by atoms with E-state index < -0.39 is 11.1 Å². The molecule has 0 radical (unpaired) electrons. The summed E-state index contributed by atoms with van der Waals surface area (Å²) in [5.41, 5.74) is 0.520. The van der Waals surface area contributed by atoms with Crippen LogP contribution in [0.4, 0.5) is 0 Å². The van der Waals surface area contributed by atoms with Crippen molar-refractivity contribution >= 4 is 46.9 Å². The first-order valence-electron chi connectivity index (χ1n) is 4.51. The van der Waals surface area contributed by atoms with Gasteiger partial charge in [-0.15, -0.1) is 24.2 Å². The fraction of sp³-hybridized carbons (Fsp3) is 0.0909. The number of allylic oxidation sites excluding steroid dienone is 1. The standard InChI is InChI=1S/C11H8Cl2O3S/c12-5-4-9(13)16-10(14)7-2-1-3-8(6-7)11(15)17/h1-4,6H,5H2,(H,15,17). The summed E-state index contributed by atoms with van der Waals surface area (Å²) in [5, 5.41) is -0.533. The van der Waals surface area contributed by atoms with Crippen molar-refractivity contribution in [3.8, 4) is 0 Å². The molecule has 0 amide bonds. The number of esters is 1. The maximum atomic E-state index is 11.6. The maximum absolute atomic E-state index is 11.6. The highest BCUT2D eigenvalue weighted by molar-refractivity contribution is 7.97. The van der Waals surface area contributed by atoms with Crippen LogP contribution in [-0.2, 0) is 4.74 Å². The Morgan fingerprint density at radius 2 is 2.00 bits per heavy atom. The molecule has 1 rings (SSSR count). The van der Waals surface area contributed by atoms with Crippen LogP contribution in [0.25, 0.3) is 0 Å². The van der Waals surface area contributed by atoms with Crippen molar-refractivity contribution in [1.29, 1.82) is 0 Å². The number of rotatable bonds is 4. The molecule has 0 atom stereocenters. The van der Waals surface area contributed by atoms with Crippen LogP contribution in [0, 0.1) is 0 Å². The third-order valence-electron chi connectivity index (χ3n) is 1.77. The molecule has 0 aliphatic carbocycles. The number of alkyl halides is 1. The van der Waals surface area contributed by atoms with E-state index in [-0.39, 0.29) is 16.7 Å². The minimum absolute atomic E-state index is 0.104. The van der Waals surface area contributed by atoms with E-state index in [0.717, 1.165) is 0 Å². The first-order valence-corrected chi connectivity index (χ1v) is 5.87. The Bertz CT molecular complexity index is 472. The number of ether oxygens (including phenoxy) is 1. The van der Waals surface area contributed by atoms with E-state index in [1.54, 1.807) is 12.1 Å². The van der Waals surface area contributed by atoms with Crippen LogP contribution in [-0.4, -0.2) is 17.0 Å². The number of thiol groups is 1. The summed E-state index contributed by atoms with van der Waals surface area (Å²) in [6.45, 7) is 0. The summed E-state index contributed by atoms with van der Waals surface area (Å²) in [6, 6.07) is 5.98. The molecule has 0 heterocycles. The van der Waals surface area contributed by atoms with Crippen LogP contribution in [0.2, 0.25) is 0 Å². The molecule has 0 aliphatic rings. The number of halogens is 2. The Morgan fingerprint density at radius 3 is 2.59 bits per heavy atom. The second-order valence-electron chi connectivity index (χ2n) is 2.94. The molecule has 0 N–H and O–H groups in total. The summed E-state index contributed by atoms with van der Waals surface area (Å²) < 4.78 is 4.78. The zero-order chi connectivity index (χ0) is 12.8. The van der Waals surface area contributed by atoms with Crippen molar-refractivity contribution in [2.24, 2.45) is 0 Å². The highest BCUT2D eigenvalue weighted by Crippen LogP contribution is 2.12. The Morgan fingerprint density at radius 1 is 1.35 bits per heavy atom. The largest absolute Gasteiger partial charge is 0.411 e. The molecule has 6 heteroatoms. The van der Waals surface area contributed by atoms with E-state index in [2.05, 4.69) is 12.6 Å². The minimum Gasteiger partial charge on any atom is -0.411 e. The Labute approximate surface area is 114 Å². The molecule has 1 aromatic carbocycles. The Hall–Kier alpha value is -0.970. The predicted octanol–water partition coefficient (Wildman–Crippen LogP) is 3.23. The van der Waals surface area contributed by atoms with E-state index in [1.807, 2.05) is 0 Å². The van der Waals surface area contributed by atoms with E-state index in [9.17, 15) is 9.59 Å². The lowest BCUT2D eigenvalue weighted by molar-refractivity contribution is 0.0649. The Balaban J connectivity index is 2.86. The van der Waals surface area contributed by atoms with Gasteiger partial charge >= 0.3 is 5.97 Å². The number of benzene rings is 1. The van der Waals surface area contributed by atoms with Gasteiger partial charge in [0.1, 0.15) is 0 Å². The summed E-state index contributed by atoms with van der Waals surface area (Å²) >= 11 is 14.6. The van der Waals surface area contributed by atoms with Crippen LogP contribution >= 0.6 is 35.8 Å². The quantitative estimate of drug-likeness (QED) is 0.401. The molecule has 0 bridgehead atoms. The molecular weight excluding hydrogens is 283 g/mol. The van der Waals surface area contributed by atoms with E-state index in [4.69, 9.17) is 27.9 Å². The van der Waals surface area contributed by atoms with Gasteiger partial charge in [-0.1, -0.05) is 12.1 Å². The second-order valence-corrected chi connectivity index (χ2v) is 4.03. The molecule has 0 saturated carbocycles. The lowest BCUT2D eigenvalue weighted by Crippen LogP contribution is -2.04. The molecule has 90 valence electrons. The van der Waals surface area contributed by atoms with Crippen LogP contribution in [0.5, 0.6) is 0 Å². The van der Waals surface area contributed by atoms with Crippen LogP contribution in [0.15, 0.2) is 35.6 Å². The van der Waals surface area contributed by atoms with Gasteiger partial charge in [0, 0.05) is 11.4 Å². The lowest BCUT2D eigenvalue weighted by atomic mass is 10.1. The van der Waals surface area contributed by atoms with Gasteiger partial charge in [-0.2, -0.15) is 0 Å². The molecule has 0 spiro atoms. The minimum atomic E-state index is -0.659. The van der Waals surface area contributed by atoms with Crippen molar-refractivity contribution in [2.75, 3.05) is 5.88 Å². The molecule has 17 heavy (non-hydrogen) atoms. The molecule has 3 nitrogen and oxygen atoms in total. The maximum Gasteiger partial charge on any atom is 0.344 e. The number of carbonyl (C=O) groups excluding carboxylic acids is 2. The van der Waals surface area contributed by atoms with Crippen LogP contribution in [0.3, 0.4) is 0 Å². The van der Waals surface area contributed by atoms with Gasteiger partial charge in [0.2, 0.25) is 5.12 Å². The molecule has 0 fully saturated rings. The van der Waals surface area contributed by atoms with Crippen LogP contribution in [0.1, 0.15) is 20.7 Å². The van der Waals surface area contributed by atoms with Gasteiger partial charge in [-0.3, -0.25) is 4.79 Å². The van der Waals surface area contributed by atoms with Crippen molar-refractivity contribution in [3.63, 3.8) is 0 Å². The third-order valence-corrected chi connectivity index (χ3v) is 2.42. The Kier molecular flexibility index (Phi) is 5.55. The highest BCUT2D eigenvalue weighted by atomic mass is 35.5. The highest BCUT2D eigenvalue weighted by Gasteiger charge is 2.11. The fourth-order valence-corrected chi connectivity index (χ4v) is 1.53. The molecule has 0 unspecified atom stereocenters. The summed E-state index contributed by atoms with van der Waals surface area (Å²) in [6.07, 6.45) is 1.34. The normalized spacial score (nSPS) is 11.1. The zero-order valence-electron chi connectivity index (χ0n) is 8.52. The summed E-state index contributed by atoms with van der Waals surface area (Å²) in [7, 11) is 0. The van der Waals surface area contributed by atoms with Gasteiger partial charge in [0.25, 0.3) is 0 Å². The van der Waals surface area contributed by atoms with Gasteiger partial charge < -0.3 is 4.74 Å². The molecule has 1 aromatic rings. The topological polar surface area (TPSA) is 43.4 Å². The first kappa shape index (κ1) is 14.1. The summed E-state index contributed by atoms with van der Waals surface area (Å²) in [5.74, 6) is -0.519. The average Bonchev–Trinajstić information content (AvgIpc) is 2.29. The van der Waals surface area contributed by atoms with Crippen molar-refractivity contribution in [3.05, 3.63) is 46.7 Å². The predicted molar refractivity (Wildman–Crippen MR) is 69.8 cm³/mol. The zero-order valence-corrected chi connectivity index (χ0v) is 10.9. The smallest absolute Gasteiger partial charge is 0.344 e. The average molecular weight is 291 g/mol. The molecule has 0 aliphatic heterocycles. The van der Waals surface area contributed by atoms with E-state index in [1.165, 1.54) is 18.2 Å². The van der Waals surface area contributed by atoms with Gasteiger partial charge in [-0.25, -0.2) is 4.79 Å². The monoisotopic (exact) mass is 290 g/mol. The van der Waals surface area contributed by atoms with Crippen molar-refractivity contribution in [2.45, 2.75) is 0 Å². The number of carbonyl (C=O) groups is 2. The first-order chi connectivity index (χ1) is 8.04. The van der Waals surface area contributed by atoms with Crippen molar-refractivity contribution < 1.29 is 14.3 Å². The number of hydrogen-bond donors (Lipinski definition) is 1. The van der Waals surface area contributed by atoms with Gasteiger partial charge in [-0.05, 0) is 29.8 Å². The van der Waals surface area contributed by atoms with E-state index >= 15 is 0 Å². The second kappa shape index (κ2) is 6.69.